The van der Waals surface area contributed by atoms with E-state index in [-0.39, 0.29) is 0 Å². The minimum atomic E-state index is -4.00. The van der Waals surface area contributed by atoms with Gasteiger partial charge in [0.25, 0.3) is 10.1 Å². The van der Waals surface area contributed by atoms with E-state index < -0.39 is 15.9 Å². The SMILES string of the molecule is O=[C]c1ccc(CS(=O)(=O)O)cc1. The number of carbonyl (C=O) groups excluding carboxylic acids is 1. The summed E-state index contributed by atoms with van der Waals surface area (Å²) in [6.45, 7) is 0. The Hall–Kier alpha value is -1.20. The summed E-state index contributed by atoms with van der Waals surface area (Å²) in [5.74, 6) is -0.438. The van der Waals surface area contributed by atoms with Crippen molar-refractivity contribution in [2.45, 2.75) is 5.75 Å². The second kappa shape index (κ2) is 3.68. The molecule has 13 heavy (non-hydrogen) atoms. The zero-order valence-corrected chi connectivity index (χ0v) is 7.41. The zero-order valence-electron chi connectivity index (χ0n) is 6.60. The normalized spacial score (nSPS) is 11.2. The van der Waals surface area contributed by atoms with Gasteiger partial charge in [-0.2, -0.15) is 8.42 Å². The van der Waals surface area contributed by atoms with Gasteiger partial charge >= 0.3 is 0 Å². The Balaban J connectivity index is 2.87. The lowest BCUT2D eigenvalue weighted by molar-refractivity contribution is 0.482. The van der Waals surface area contributed by atoms with Gasteiger partial charge in [-0.15, -0.1) is 0 Å². The predicted octanol–water partition coefficient (Wildman–Crippen LogP) is 0.532. The minimum Gasteiger partial charge on any atom is -0.285 e. The van der Waals surface area contributed by atoms with Crippen LogP contribution in [0, 0.1) is 0 Å². The maximum Gasteiger partial charge on any atom is 0.269 e. The summed E-state index contributed by atoms with van der Waals surface area (Å²) in [7, 11) is -4.00. The van der Waals surface area contributed by atoms with E-state index in [4.69, 9.17) is 4.55 Å². The second-order valence-electron chi connectivity index (χ2n) is 2.53. The van der Waals surface area contributed by atoms with E-state index in [1.54, 1.807) is 6.29 Å². The Labute approximate surface area is 76.0 Å². The summed E-state index contributed by atoms with van der Waals surface area (Å²) in [5, 5.41) is 0. The highest BCUT2D eigenvalue weighted by Gasteiger charge is 2.05. The van der Waals surface area contributed by atoms with Crippen LogP contribution in [0.4, 0.5) is 0 Å². The lowest BCUT2D eigenvalue weighted by Gasteiger charge is -1.97. The Bertz CT molecular complexity index is 391. The average molecular weight is 199 g/mol. The quantitative estimate of drug-likeness (QED) is 0.721. The average Bonchev–Trinajstić information content (AvgIpc) is 2.03. The number of hydrogen-bond donors (Lipinski definition) is 1. The van der Waals surface area contributed by atoms with E-state index >= 15 is 0 Å². The van der Waals surface area contributed by atoms with Crippen molar-refractivity contribution < 1.29 is 17.8 Å². The molecule has 0 unspecified atom stereocenters. The molecule has 0 aliphatic heterocycles. The van der Waals surface area contributed by atoms with Crippen molar-refractivity contribution in [3.8, 4) is 0 Å². The molecule has 0 heterocycles. The molecule has 1 rings (SSSR count). The van der Waals surface area contributed by atoms with Crippen LogP contribution in [0.5, 0.6) is 0 Å². The van der Waals surface area contributed by atoms with Crippen LogP contribution >= 0.6 is 0 Å². The van der Waals surface area contributed by atoms with Crippen molar-refractivity contribution in [3.63, 3.8) is 0 Å². The molecule has 4 nitrogen and oxygen atoms in total. The van der Waals surface area contributed by atoms with Crippen molar-refractivity contribution in [1.29, 1.82) is 0 Å². The first-order valence-electron chi connectivity index (χ1n) is 3.43. The zero-order chi connectivity index (χ0) is 9.90. The first-order chi connectivity index (χ1) is 6.01. The smallest absolute Gasteiger partial charge is 0.269 e. The van der Waals surface area contributed by atoms with Gasteiger partial charge in [-0.05, 0) is 5.56 Å². The fourth-order valence-corrected chi connectivity index (χ4v) is 1.49. The van der Waals surface area contributed by atoms with Gasteiger partial charge in [0.05, 0.1) is 0 Å². The van der Waals surface area contributed by atoms with Gasteiger partial charge in [-0.3, -0.25) is 9.35 Å². The van der Waals surface area contributed by atoms with Crippen LogP contribution in [0.15, 0.2) is 24.3 Å². The molecule has 0 amide bonds. The molecule has 0 aliphatic rings. The van der Waals surface area contributed by atoms with Crippen LogP contribution in [0.3, 0.4) is 0 Å². The van der Waals surface area contributed by atoms with Crippen LogP contribution in [0.25, 0.3) is 0 Å². The minimum absolute atomic E-state index is 0.346. The Morgan fingerprint density at radius 1 is 1.23 bits per heavy atom. The molecule has 0 bridgehead atoms. The van der Waals surface area contributed by atoms with E-state index in [0.29, 0.717) is 11.1 Å². The van der Waals surface area contributed by atoms with Crippen molar-refractivity contribution in [3.05, 3.63) is 35.4 Å². The van der Waals surface area contributed by atoms with Gasteiger partial charge in [-0.1, -0.05) is 24.3 Å². The summed E-state index contributed by atoms with van der Waals surface area (Å²) >= 11 is 0. The lowest BCUT2D eigenvalue weighted by atomic mass is 10.2. The highest BCUT2D eigenvalue weighted by Crippen LogP contribution is 2.05. The standard InChI is InChI=1S/C8H7O4S/c9-5-7-1-3-8(4-2-7)6-13(10,11)12/h1-4H,6H2,(H,10,11,12). The van der Waals surface area contributed by atoms with Gasteiger partial charge in [-0.25, -0.2) is 0 Å². The van der Waals surface area contributed by atoms with Crippen LogP contribution in [0.2, 0.25) is 0 Å². The predicted molar refractivity (Wildman–Crippen MR) is 46.5 cm³/mol. The maximum absolute atomic E-state index is 10.4. The van der Waals surface area contributed by atoms with Crippen molar-refractivity contribution in [2.24, 2.45) is 0 Å². The number of hydrogen-bond acceptors (Lipinski definition) is 3. The molecule has 0 fully saturated rings. The molecule has 5 heteroatoms. The first-order valence-corrected chi connectivity index (χ1v) is 5.04. The summed E-state index contributed by atoms with van der Waals surface area (Å²) < 4.78 is 29.4. The highest BCUT2D eigenvalue weighted by atomic mass is 32.2. The summed E-state index contributed by atoms with van der Waals surface area (Å²) in [6, 6.07) is 5.78. The Morgan fingerprint density at radius 2 is 1.77 bits per heavy atom. The fraction of sp³-hybridized carbons (Fsp3) is 0.125. The molecule has 0 aliphatic carbocycles. The molecule has 69 valence electrons. The Morgan fingerprint density at radius 3 is 2.15 bits per heavy atom. The third kappa shape index (κ3) is 3.35. The molecule has 0 saturated carbocycles. The highest BCUT2D eigenvalue weighted by molar-refractivity contribution is 7.85. The van der Waals surface area contributed by atoms with E-state index in [1.165, 1.54) is 24.3 Å². The van der Waals surface area contributed by atoms with Crippen LogP contribution < -0.4 is 0 Å². The lowest BCUT2D eigenvalue weighted by Crippen LogP contribution is -2.01. The van der Waals surface area contributed by atoms with Gasteiger partial charge in [0.15, 0.2) is 0 Å². The van der Waals surface area contributed by atoms with Gasteiger partial charge < -0.3 is 0 Å². The van der Waals surface area contributed by atoms with E-state index in [1.807, 2.05) is 0 Å². The molecule has 0 spiro atoms. The molecule has 1 aromatic rings. The first kappa shape index (κ1) is 9.88. The van der Waals surface area contributed by atoms with Crippen LogP contribution in [-0.2, 0) is 20.7 Å². The molecule has 0 aromatic heterocycles. The molecule has 1 radical (unpaired) electrons. The van der Waals surface area contributed by atoms with Crippen LogP contribution in [0.1, 0.15) is 11.1 Å². The number of benzene rings is 1. The van der Waals surface area contributed by atoms with E-state index in [9.17, 15) is 13.2 Å². The fourth-order valence-electron chi connectivity index (χ4n) is 0.880. The summed E-state index contributed by atoms with van der Waals surface area (Å²) in [4.78, 5) is 10.1. The third-order valence-corrected chi connectivity index (χ3v) is 2.12. The van der Waals surface area contributed by atoms with Gasteiger partial charge in [0, 0.05) is 5.56 Å². The van der Waals surface area contributed by atoms with Crippen molar-refractivity contribution >= 4 is 16.4 Å². The van der Waals surface area contributed by atoms with E-state index in [2.05, 4.69) is 0 Å². The summed E-state index contributed by atoms with van der Waals surface area (Å²) in [6.07, 6.45) is 1.66. The second-order valence-corrected chi connectivity index (χ2v) is 3.98. The largest absolute Gasteiger partial charge is 0.285 e. The molecular formula is C8H7O4S. The molecule has 1 N–H and O–H groups in total. The van der Waals surface area contributed by atoms with Crippen molar-refractivity contribution in [1.82, 2.24) is 0 Å². The molecular weight excluding hydrogens is 192 g/mol. The Kier molecular flexibility index (Phi) is 2.79. The molecule has 0 saturated heterocycles. The van der Waals surface area contributed by atoms with Crippen molar-refractivity contribution in [2.75, 3.05) is 0 Å². The number of rotatable bonds is 3. The van der Waals surface area contributed by atoms with Crippen LogP contribution in [-0.4, -0.2) is 19.3 Å². The third-order valence-electron chi connectivity index (χ3n) is 1.42. The van der Waals surface area contributed by atoms with Gasteiger partial charge in [0.1, 0.15) is 5.75 Å². The maximum atomic E-state index is 10.4. The molecule has 1 aromatic carbocycles. The molecule has 0 atom stereocenters. The van der Waals surface area contributed by atoms with E-state index in [0.717, 1.165) is 0 Å². The monoisotopic (exact) mass is 199 g/mol. The summed E-state index contributed by atoms with van der Waals surface area (Å²) in [5.41, 5.74) is 0.778. The van der Waals surface area contributed by atoms with Gasteiger partial charge in [0.2, 0.25) is 6.29 Å². The topological polar surface area (TPSA) is 71.4 Å².